The van der Waals surface area contributed by atoms with Crippen molar-refractivity contribution in [2.45, 2.75) is 25.7 Å². The van der Waals surface area contributed by atoms with Gasteiger partial charge in [-0.05, 0) is 67.6 Å². The summed E-state index contributed by atoms with van der Waals surface area (Å²) in [6.07, 6.45) is 3.46. The van der Waals surface area contributed by atoms with Gasteiger partial charge in [-0.25, -0.2) is 18.7 Å². The number of nitrogens with one attached hydrogen (secondary N) is 2. The van der Waals surface area contributed by atoms with Gasteiger partial charge >= 0.3 is 0 Å². The minimum atomic E-state index is -0.652. The van der Waals surface area contributed by atoms with Crippen LogP contribution in [0.15, 0.2) is 53.8 Å². The number of rotatable bonds is 6. The number of anilines is 2. The van der Waals surface area contributed by atoms with Gasteiger partial charge in [-0.15, -0.1) is 0 Å². The average molecular weight is 433 g/mol. The average Bonchev–Trinajstić information content (AvgIpc) is 2.64. The minimum Gasteiger partial charge on any atom is -0.345 e. The van der Waals surface area contributed by atoms with Crippen LogP contribution in [0.1, 0.15) is 18.1 Å². The Balaban J connectivity index is 1.96. The number of halogens is 3. The van der Waals surface area contributed by atoms with Crippen LogP contribution in [0.5, 0.6) is 0 Å². The number of aromatic nitrogens is 2. The standard InChI is InChI=1S/C21H19ClF2N4S/c1-11(2)27-19-8-15(12(3)9-25-19)16-10-26-21(22)20(13(16)4)28-29-18-6-5-14(23)7-17(18)24/h5-10,28H,1H2,2-4H3,(H,25,27). The van der Waals surface area contributed by atoms with Crippen molar-refractivity contribution in [1.82, 2.24) is 9.97 Å². The fourth-order valence-corrected chi connectivity index (χ4v) is 3.78. The van der Waals surface area contributed by atoms with Crippen molar-refractivity contribution in [1.29, 1.82) is 0 Å². The molecule has 0 fully saturated rings. The van der Waals surface area contributed by atoms with Gasteiger partial charge in [-0.2, -0.15) is 0 Å². The van der Waals surface area contributed by atoms with Crippen LogP contribution >= 0.6 is 23.5 Å². The summed E-state index contributed by atoms with van der Waals surface area (Å²) in [4.78, 5) is 8.88. The number of hydrogen-bond acceptors (Lipinski definition) is 5. The fourth-order valence-electron chi connectivity index (χ4n) is 2.73. The number of allylic oxidation sites excluding steroid dienone is 1. The molecule has 0 aliphatic heterocycles. The maximum atomic E-state index is 13.9. The molecule has 0 spiro atoms. The highest BCUT2D eigenvalue weighted by Crippen LogP contribution is 2.37. The second kappa shape index (κ2) is 8.80. The highest BCUT2D eigenvalue weighted by Gasteiger charge is 2.15. The van der Waals surface area contributed by atoms with Crippen LogP contribution < -0.4 is 10.0 Å². The molecule has 0 unspecified atom stereocenters. The lowest BCUT2D eigenvalue weighted by atomic mass is 9.99. The number of benzene rings is 1. The molecule has 2 heterocycles. The van der Waals surface area contributed by atoms with Gasteiger partial charge in [0.15, 0.2) is 5.15 Å². The van der Waals surface area contributed by atoms with Crippen LogP contribution in [0, 0.1) is 25.5 Å². The second-order valence-electron chi connectivity index (χ2n) is 6.53. The molecule has 0 atom stereocenters. The smallest absolute Gasteiger partial charge is 0.153 e. The molecule has 1 aromatic carbocycles. The first-order chi connectivity index (χ1) is 13.8. The summed E-state index contributed by atoms with van der Waals surface area (Å²) in [6, 6.07) is 5.32. The Bertz CT molecular complexity index is 1090. The third-order valence-electron chi connectivity index (χ3n) is 4.18. The summed E-state index contributed by atoms with van der Waals surface area (Å²) >= 11 is 7.29. The van der Waals surface area contributed by atoms with Gasteiger partial charge in [0.05, 0.1) is 10.6 Å². The van der Waals surface area contributed by atoms with Crippen molar-refractivity contribution >= 4 is 35.1 Å². The molecule has 29 heavy (non-hydrogen) atoms. The summed E-state index contributed by atoms with van der Waals surface area (Å²) in [5.74, 6) is -0.609. The van der Waals surface area contributed by atoms with E-state index in [1.54, 1.807) is 12.4 Å². The van der Waals surface area contributed by atoms with Crippen molar-refractivity contribution < 1.29 is 8.78 Å². The zero-order valence-corrected chi connectivity index (χ0v) is 17.7. The van der Waals surface area contributed by atoms with Crippen LogP contribution in [-0.2, 0) is 0 Å². The molecular weight excluding hydrogens is 414 g/mol. The molecule has 0 aliphatic rings. The molecule has 0 saturated carbocycles. The predicted octanol–water partition coefficient (Wildman–Crippen LogP) is 6.76. The Morgan fingerprint density at radius 3 is 2.55 bits per heavy atom. The van der Waals surface area contributed by atoms with E-state index in [0.717, 1.165) is 46.0 Å². The third-order valence-corrected chi connectivity index (χ3v) is 5.33. The molecular formula is C21H19ClF2N4S. The van der Waals surface area contributed by atoms with Gasteiger partial charge in [0.1, 0.15) is 17.5 Å². The molecule has 0 aliphatic carbocycles. The van der Waals surface area contributed by atoms with E-state index >= 15 is 0 Å². The lowest BCUT2D eigenvalue weighted by Gasteiger charge is -2.16. The van der Waals surface area contributed by atoms with Gasteiger partial charge in [-0.1, -0.05) is 18.2 Å². The van der Waals surface area contributed by atoms with Crippen LogP contribution in [0.3, 0.4) is 0 Å². The zero-order valence-electron chi connectivity index (χ0n) is 16.1. The van der Waals surface area contributed by atoms with E-state index in [2.05, 4.69) is 26.6 Å². The number of aryl methyl sites for hydroxylation is 1. The van der Waals surface area contributed by atoms with Crippen molar-refractivity contribution in [3.63, 3.8) is 0 Å². The zero-order chi connectivity index (χ0) is 21.1. The van der Waals surface area contributed by atoms with E-state index in [9.17, 15) is 8.78 Å². The topological polar surface area (TPSA) is 49.8 Å². The van der Waals surface area contributed by atoms with E-state index in [4.69, 9.17) is 11.6 Å². The highest BCUT2D eigenvalue weighted by molar-refractivity contribution is 8.00. The monoisotopic (exact) mass is 432 g/mol. The molecule has 8 heteroatoms. The molecule has 0 amide bonds. The Labute approximate surface area is 177 Å². The van der Waals surface area contributed by atoms with E-state index < -0.39 is 11.6 Å². The summed E-state index contributed by atoms with van der Waals surface area (Å²) in [5, 5.41) is 3.36. The summed E-state index contributed by atoms with van der Waals surface area (Å²) in [7, 11) is 0. The first-order valence-corrected chi connectivity index (χ1v) is 9.88. The lowest BCUT2D eigenvalue weighted by Crippen LogP contribution is -2.01. The quantitative estimate of drug-likeness (QED) is 0.333. The largest absolute Gasteiger partial charge is 0.345 e. The number of hydrogen-bond donors (Lipinski definition) is 2. The Morgan fingerprint density at radius 1 is 1.10 bits per heavy atom. The fraction of sp³-hybridized carbons (Fsp3) is 0.143. The normalized spacial score (nSPS) is 10.7. The molecule has 3 rings (SSSR count). The Hall–Kier alpha value is -2.64. The first kappa shape index (κ1) is 21.1. The number of nitrogens with zero attached hydrogens (tertiary/aromatic N) is 2. The highest BCUT2D eigenvalue weighted by atomic mass is 35.5. The minimum absolute atomic E-state index is 0.250. The van der Waals surface area contributed by atoms with Gasteiger partial charge < -0.3 is 10.0 Å². The molecule has 2 N–H and O–H groups in total. The summed E-state index contributed by atoms with van der Waals surface area (Å²) in [5.41, 5.74) is 4.94. The van der Waals surface area contributed by atoms with Gasteiger partial charge in [0, 0.05) is 29.7 Å². The van der Waals surface area contributed by atoms with Crippen molar-refractivity contribution in [3.8, 4) is 11.1 Å². The number of pyridine rings is 2. The second-order valence-corrected chi connectivity index (χ2v) is 7.74. The SMILES string of the molecule is C=C(C)Nc1cc(-c2cnc(Cl)c(NSc3ccc(F)cc3F)c2C)c(C)cn1. The molecule has 0 bridgehead atoms. The first-order valence-electron chi connectivity index (χ1n) is 8.69. The van der Waals surface area contributed by atoms with E-state index in [1.165, 1.54) is 12.1 Å². The predicted molar refractivity (Wildman–Crippen MR) is 116 cm³/mol. The molecule has 0 saturated heterocycles. The van der Waals surface area contributed by atoms with Gasteiger partial charge in [0.2, 0.25) is 0 Å². The summed E-state index contributed by atoms with van der Waals surface area (Å²) in [6.45, 7) is 9.54. The van der Waals surface area contributed by atoms with Crippen molar-refractivity contribution in [2.75, 3.05) is 10.0 Å². The summed E-state index contributed by atoms with van der Waals surface area (Å²) < 4.78 is 30.1. The van der Waals surface area contributed by atoms with E-state index in [-0.39, 0.29) is 10.0 Å². The molecule has 0 radical (unpaired) electrons. The van der Waals surface area contributed by atoms with E-state index in [1.807, 2.05) is 26.8 Å². The van der Waals surface area contributed by atoms with Gasteiger partial charge in [-0.3, -0.25) is 0 Å². The third kappa shape index (κ3) is 4.86. The molecule has 4 nitrogen and oxygen atoms in total. The van der Waals surface area contributed by atoms with Crippen molar-refractivity contribution in [2.24, 2.45) is 0 Å². The van der Waals surface area contributed by atoms with Crippen LogP contribution in [-0.4, -0.2) is 9.97 Å². The van der Waals surface area contributed by atoms with Gasteiger partial charge in [0.25, 0.3) is 0 Å². The Morgan fingerprint density at radius 2 is 1.86 bits per heavy atom. The molecule has 2 aromatic heterocycles. The van der Waals surface area contributed by atoms with Crippen LogP contribution in [0.2, 0.25) is 5.15 Å². The van der Waals surface area contributed by atoms with E-state index in [0.29, 0.717) is 11.5 Å². The molecule has 150 valence electrons. The molecule has 3 aromatic rings. The van der Waals surface area contributed by atoms with Crippen molar-refractivity contribution in [3.05, 3.63) is 76.8 Å². The van der Waals surface area contributed by atoms with Crippen LogP contribution in [0.25, 0.3) is 11.1 Å². The maximum Gasteiger partial charge on any atom is 0.153 e. The maximum absolute atomic E-state index is 13.9. The van der Waals surface area contributed by atoms with Crippen LogP contribution in [0.4, 0.5) is 20.3 Å². The lowest BCUT2D eigenvalue weighted by molar-refractivity contribution is 0.566. The Kier molecular flexibility index (Phi) is 6.39.